The highest BCUT2D eigenvalue weighted by Crippen LogP contribution is 2.38. The molecule has 2 atom stereocenters. The van der Waals surface area contributed by atoms with Crippen LogP contribution in [0.4, 0.5) is 0 Å². The standard InChI is InChI=1S/C21H20BrClN2O3/c1-24(2)11-12-25-18(13-3-7-15(22)8-4-13)17(20(27)21(25)28)19(26)14-5-9-16(23)10-6-14/h3-10,17-18H,11-12H2,1-2H3. The van der Waals surface area contributed by atoms with Crippen LogP contribution in [-0.4, -0.2) is 54.5 Å². The summed E-state index contributed by atoms with van der Waals surface area (Å²) in [5.74, 6) is -2.71. The van der Waals surface area contributed by atoms with Crippen molar-refractivity contribution in [3.8, 4) is 0 Å². The minimum Gasteiger partial charge on any atom is -0.327 e. The number of hydrogen-bond acceptors (Lipinski definition) is 4. The molecule has 0 bridgehead atoms. The Hall–Kier alpha value is -2.02. The van der Waals surface area contributed by atoms with Gasteiger partial charge in [-0.2, -0.15) is 0 Å². The zero-order valence-electron chi connectivity index (χ0n) is 15.6. The molecule has 1 aliphatic heterocycles. The van der Waals surface area contributed by atoms with E-state index >= 15 is 0 Å². The van der Waals surface area contributed by atoms with Crippen molar-refractivity contribution in [3.63, 3.8) is 0 Å². The molecule has 146 valence electrons. The Morgan fingerprint density at radius 3 is 2.25 bits per heavy atom. The molecule has 5 nitrogen and oxygen atoms in total. The number of likely N-dealkylation sites (tertiary alicyclic amines) is 1. The SMILES string of the molecule is CN(C)CCN1C(=O)C(=O)C(C(=O)c2ccc(Cl)cc2)C1c1ccc(Br)cc1. The first-order valence-corrected chi connectivity index (χ1v) is 10.0. The summed E-state index contributed by atoms with van der Waals surface area (Å²) in [6.45, 7) is 0.955. The normalized spacial score (nSPS) is 19.5. The van der Waals surface area contributed by atoms with E-state index in [1.165, 1.54) is 4.90 Å². The minimum absolute atomic E-state index is 0.364. The third-order valence-electron chi connectivity index (χ3n) is 4.82. The summed E-state index contributed by atoms with van der Waals surface area (Å²) < 4.78 is 0.882. The van der Waals surface area contributed by atoms with Crippen molar-refractivity contribution >= 4 is 45.0 Å². The molecule has 0 N–H and O–H groups in total. The van der Waals surface area contributed by atoms with Crippen molar-refractivity contribution in [2.24, 2.45) is 5.92 Å². The molecule has 0 saturated carbocycles. The van der Waals surface area contributed by atoms with Gasteiger partial charge in [0.05, 0.1) is 6.04 Å². The lowest BCUT2D eigenvalue weighted by molar-refractivity contribution is -0.140. The number of rotatable bonds is 6. The van der Waals surface area contributed by atoms with Gasteiger partial charge in [-0.3, -0.25) is 14.4 Å². The summed E-state index contributed by atoms with van der Waals surface area (Å²) in [4.78, 5) is 42.2. The lowest BCUT2D eigenvalue weighted by Gasteiger charge is -2.28. The number of nitrogens with zero attached hydrogens (tertiary/aromatic N) is 2. The number of benzene rings is 2. The van der Waals surface area contributed by atoms with Crippen molar-refractivity contribution in [2.45, 2.75) is 6.04 Å². The number of amides is 1. The van der Waals surface area contributed by atoms with Gasteiger partial charge in [-0.1, -0.05) is 39.7 Å². The Kier molecular flexibility index (Phi) is 6.33. The summed E-state index contributed by atoms with van der Waals surface area (Å²) in [5.41, 5.74) is 1.13. The fourth-order valence-electron chi connectivity index (χ4n) is 3.36. The van der Waals surface area contributed by atoms with E-state index in [0.29, 0.717) is 23.7 Å². The van der Waals surface area contributed by atoms with Gasteiger partial charge in [0.15, 0.2) is 5.78 Å². The highest BCUT2D eigenvalue weighted by molar-refractivity contribution is 9.10. The van der Waals surface area contributed by atoms with Gasteiger partial charge in [0.1, 0.15) is 5.92 Å². The Bertz CT molecular complexity index is 897. The Balaban J connectivity index is 2.02. The Labute approximate surface area is 177 Å². The molecule has 1 saturated heterocycles. The molecular weight excluding hydrogens is 444 g/mol. The van der Waals surface area contributed by atoms with Crippen LogP contribution in [0, 0.1) is 5.92 Å². The fraction of sp³-hybridized carbons (Fsp3) is 0.286. The van der Waals surface area contributed by atoms with E-state index < -0.39 is 23.7 Å². The monoisotopic (exact) mass is 462 g/mol. The van der Waals surface area contributed by atoms with Gasteiger partial charge >= 0.3 is 0 Å². The topological polar surface area (TPSA) is 57.7 Å². The predicted octanol–water partition coefficient (Wildman–Crippen LogP) is 3.62. The largest absolute Gasteiger partial charge is 0.327 e. The van der Waals surface area contributed by atoms with Gasteiger partial charge in [0.25, 0.3) is 5.91 Å². The number of carbonyl (C=O) groups excluding carboxylic acids is 3. The molecule has 0 radical (unpaired) electrons. The van der Waals surface area contributed by atoms with Gasteiger partial charge in [-0.15, -0.1) is 0 Å². The van der Waals surface area contributed by atoms with Crippen LogP contribution in [0.5, 0.6) is 0 Å². The van der Waals surface area contributed by atoms with Crippen LogP contribution in [0.1, 0.15) is 22.0 Å². The number of halogens is 2. The molecule has 2 unspecified atom stereocenters. The van der Waals surface area contributed by atoms with E-state index in [0.717, 1.165) is 10.0 Å². The van der Waals surface area contributed by atoms with Crippen molar-refractivity contribution in [2.75, 3.05) is 27.2 Å². The number of ketones is 2. The second-order valence-corrected chi connectivity index (χ2v) is 8.36. The maximum absolute atomic E-state index is 13.2. The highest BCUT2D eigenvalue weighted by Gasteiger charge is 2.51. The molecule has 1 heterocycles. The second-order valence-electron chi connectivity index (χ2n) is 7.01. The average Bonchev–Trinajstić information content (AvgIpc) is 2.91. The molecule has 0 aromatic heterocycles. The predicted molar refractivity (Wildman–Crippen MR) is 111 cm³/mol. The van der Waals surface area contributed by atoms with Gasteiger partial charge in [-0.05, 0) is 56.1 Å². The second kappa shape index (κ2) is 8.55. The summed E-state index contributed by atoms with van der Waals surface area (Å²) >= 11 is 9.31. The number of Topliss-reactive ketones (excluding diaryl/α,β-unsaturated/α-hetero) is 2. The quantitative estimate of drug-likeness (QED) is 0.373. The van der Waals surface area contributed by atoms with Crippen molar-refractivity contribution in [1.82, 2.24) is 9.80 Å². The van der Waals surface area contributed by atoms with Crippen LogP contribution in [0.15, 0.2) is 53.0 Å². The van der Waals surface area contributed by atoms with Crippen LogP contribution in [0.25, 0.3) is 0 Å². The Morgan fingerprint density at radius 1 is 1.07 bits per heavy atom. The molecule has 3 rings (SSSR count). The van der Waals surface area contributed by atoms with E-state index in [1.54, 1.807) is 24.3 Å². The average molecular weight is 464 g/mol. The fourth-order valence-corrected chi connectivity index (χ4v) is 3.75. The molecule has 2 aromatic rings. The molecule has 7 heteroatoms. The van der Waals surface area contributed by atoms with E-state index in [9.17, 15) is 14.4 Å². The lowest BCUT2D eigenvalue weighted by Crippen LogP contribution is -2.36. The van der Waals surface area contributed by atoms with Crippen LogP contribution < -0.4 is 0 Å². The number of hydrogen-bond donors (Lipinski definition) is 0. The smallest absolute Gasteiger partial charge is 0.291 e. The first kappa shape index (κ1) is 20.7. The summed E-state index contributed by atoms with van der Waals surface area (Å²) in [6, 6.07) is 13.1. The van der Waals surface area contributed by atoms with Crippen molar-refractivity contribution in [1.29, 1.82) is 0 Å². The van der Waals surface area contributed by atoms with Crippen LogP contribution in [-0.2, 0) is 9.59 Å². The Morgan fingerprint density at radius 2 is 1.68 bits per heavy atom. The number of carbonyl (C=O) groups is 3. The van der Waals surface area contributed by atoms with Crippen LogP contribution in [0.3, 0.4) is 0 Å². The van der Waals surface area contributed by atoms with Gasteiger partial charge in [0, 0.05) is 28.1 Å². The van der Waals surface area contributed by atoms with E-state index in [1.807, 2.05) is 43.3 Å². The minimum atomic E-state index is -1.07. The summed E-state index contributed by atoms with van der Waals surface area (Å²) in [7, 11) is 3.79. The molecule has 1 aliphatic rings. The molecule has 2 aromatic carbocycles. The zero-order chi connectivity index (χ0) is 20.4. The maximum atomic E-state index is 13.2. The maximum Gasteiger partial charge on any atom is 0.291 e. The third kappa shape index (κ3) is 4.19. The first-order chi connectivity index (χ1) is 13.3. The summed E-state index contributed by atoms with van der Waals surface area (Å²) in [5, 5.41) is 0.502. The first-order valence-electron chi connectivity index (χ1n) is 8.84. The zero-order valence-corrected chi connectivity index (χ0v) is 17.9. The van der Waals surface area contributed by atoms with Gasteiger partial charge < -0.3 is 9.80 Å². The van der Waals surface area contributed by atoms with Crippen LogP contribution >= 0.6 is 27.5 Å². The van der Waals surface area contributed by atoms with E-state index in [-0.39, 0.29) is 5.78 Å². The third-order valence-corrected chi connectivity index (χ3v) is 5.60. The molecular formula is C21H20BrClN2O3. The van der Waals surface area contributed by atoms with Gasteiger partial charge in [0.2, 0.25) is 5.78 Å². The number of likely N-dealkylation sites (N-methyl/N-ethyl adjacent to an activating group) is 1. The van der Waals surface area contributed by atoms with Crippen LogP contribution in [0.2, 0.25) is 5.02 Å². The van der Waals surface area contributed by atoms with Crippen molar-refractivity contribution < 1.29 is 14.4 Å². The summed E-state index contributed by atoms with van der Waals surface area (Å²) in [6.07, 6.45) is 0. The van der Waals surface area contributed by atoms with Gasteiger partial charge in [-0.25, -0.2) is 0 Å². The molecule has 0 spiro atoms. The molecule has 0 aliphatic carbocycles. The van der Waals surface area contributed by atoms with E-state index in [4.69, 9.17) is 11.6 Å². The van der Waals surface area contributed by atoms with Crippen molar-refractivity contribution in [3.05, 3.63) is 69.2 Å². The lowest BCUT2D eigenvalue weighted by atomic mass is 9.86. The highest BCUT2D eigenvalue weighted by atomic mass is 79.9. The van der Waals surface area contributed by atoms with E-state index in [2.05, 4.69) is 15.9 Å². The molecule has 1 amide bonds. The molecule has 1 fully saturated rings. The molecule has 28 heavy (non-hydrogen) atoms.